The second-order valence-electron chi connectivity index (χ2n) is 2.59. The van der Waals surface area contributed by atoms with Crippen molar-refractivity contribution in [1.29, 1.82) is 0 Å². The highest BCUT2D eigenvalue weighted by Gasteiger charge is 2.16. The molecule has 0 saturated heterocycles. The molecule has 2 N–H and O–H groups in total. The van der Waals surface area contributed by atoms with Gasteiger partial charge in [0.15, 0.2) is 0 Å². The molecule has 0 atom stereocenters. The second-order valence-corrected chi connectivity index (χ2v) is 3.98. The Morgan fingerprint density at radius 3 is 2.50 bits per heavy atom. The molecule has 0 radical (unpaired) electrons. The van der Waals surface area contributed by atoms with Gasteiger partial charge < -0.3 is 10.1 Å². The lowest BCUT2D eigenvalue weighted by Crippen LogP contribution is -2.02. The summed E-state index contributed by atoms with van der Waals surface area (Å²) in [6.07, 6.45) is 0. The van der Waals surface area contributed by atoms with Crippen LogP contribution in [0, 0.1) is 0 Å². The number of rotatable bonds is 3. The Hall–Kier alpha value is -1.27. The summed E-state index contributed by atoms with van der Waals surface area (Å²) >= 11 is 0. The Morgan fingerprint density at radius 2 is 2.07 bits per heavy atom. The van der Waals surface area contributed by atoms with E-state index in [2.05, 4.69) is 5.32 Å². The first-order chi connectivity index (χ1) is 6.49. The van der Waals surface area contributed by atoms with Crippen LogP contribution in [0.5, 0.6) is 5.75 Å². The first-order valence-electron chi connectivity index (χ1n) is 3.82. The van der Waals surface area contributed by atoms with Gasteiger partial charge in [0, 0.05) is 12.7 Å². The van der Waals surface area contributed by atoms with Crippen LogP contribution in [0.2, 0.25) is 0 Å². The van der Waals surface area contributed by atoms with Crippen LogP contribution in [0.1, 0.15) is 0 Å². The summed E-state index contributed by atoms with van der Waals surface area (Å²) in [6.45, 7) is 0. The monoisotopic (exact) mass is 217 g/mol. The third-order valence-corrected chi connectivity index (χ3v) is 2.61. The summed E-state index contributed by atoms with van der Waals surface area (Å²) in [5, 5.41) is 2.76. The van der Waals surface area contributed by atoms with Crippen molar-refractivity contribution in [2.24, 2.45) is 0 Å². The number of anilines is 1. The van der Waals surface area contributed by atoms with Crippen LogP contribution in [-0.2, 0) is 10.1 Å². The van der Waals surface area contributed by atoms with Crippen LogP contribution in [0.3, 0.4) is 0 Å². The summed E-state index contributed by atoms with van der Waals surface area (Å²) in [5.41, 5.74) is 0.582. The van der Waals surface area contributed by atoms with Crippen molar-refractivity contribution in [3.63, 3.8) is 0 Å². The summed E-state index contributed by atoms with van der Waals surface area (Å²) in [7, 11) is -1.26. The normalized spacial score (nSPS) is 11.1. The van der Waals surface area contributed by atoms with Gasteiger partial charge in [-0.1, -0.05) is 0 Å². The molecular weight excluding hydrogens is 206 g/mol. The highest BCUT2D eigenvalue weighted by atomic mass is 32.2. The van der Waals surface area contributed by atoms with Crippen LogP contribution >= 0.6 is 0 Å². The maximum Gasteiger partial charge on any atom is 0.298 e. The lowest BCUT2D eigenvalue weighted by molar-refractivity contribution is 0.397. The van der Waals surface area contributed by atoms with Crippen molar-refractivity contribution in [1.82, 2.24) is 0 Å². The third kappa shape index (κ3) is 2.15. The molecule has 14 heavy (non-hydrogen) atoms. The molecule has 0 aliphatic carbocycles. The Balaban J connectivity index is 3.37. The average molecular weight is 217 g/mol. The maximum atomic E-state index is 10.9. The van der Waals surface area contributed by atoms with Crippen molar-refractivity contribution in [2.45, 2.75) is 4.90 Å². The Kier molecular flexibility index (Phi) is 2.97. The van der Waals surface area contributed by atoms with Gasteiger partial charge in [0.05, 0.1) is 7.11 Å². The fourth-order valence-electron chi connectivity index (χ4n) is 1.03. The quantitative estimate of drug-likeness (QED) is 0.738. The second kappa shape index (κ2) is 3.85. The maximum absolute atomic E-state index is 10.9. The van der Waals surface area contributed by atoms with E-state index in [0.29, 0.717) is 5.69 Å². The van der Waals surface area contributed by atoms with Crippen LogP contribution in [0.4, 0.5) is 5.69 Å². The molecule has 6 heteroatoms. The van der Waals surface area contributed by atoms with Gasteiger partial charge in [-0.2, -0.15) is 8.42 Å². The van der Waals surface area contributed by atoms with Crippen LogP contribution in [0.25, 0.3) is 0 Å². The molecule has 0 spiro atoms. The van der Waals surface area contributed by atoms with E-state index in [-0.39, 0.29) is 10.6 Å². The van der Waals surface area contributed by atoms with E-state index < -0.39 is 10.1 Å². The Labute approximate surface area is 82.5 Å². The van der Waals surface area contributed by atoms with Gasteiger partial charge in [-0.05, 0) is 18.2 Å². The van der Waals surface area contributed by atoms with E-state index in [1.165, 1.54) is 19.2 Å². The predicted octanol–water partition coefficient (Wildman–Crippen LogP) is 0.984. The topological polar surface area (TPSA) is 75.6 Å². The minimum atomic E-state index is -4.24. The molecule has 0 bridgehead atoms. The minimum absolute atomic E-state index is 0.117. The fraction of sp³-hybridized carbons (Fsp3) is 0.250. The fourth-order valence-corrected chi connectivity index (χ4v) is 1.72. The number of benzene rings is 1. The zero-order valence-electron chi connectivity index (χ0n) is 7.81. The molecular formula is C8H11NO4S. The van der Waals surface area contributed by atoms with E-state index in [4.69, 9.17) is 9.29 Å². The summed E-state index contributed by atoms with van der Waals surface area (Å²) in [5.74, 6) is 0.117. The first kappa shape index (κ1) is 10.8. The van der Waals surface area contributed by atoms with Gasteiger partial charge in [-0.15, -0.1) is 0 Å². The first-order valence-corrected chi connectivity index (χ1v) is 5.26. The van der Waals surface area contributed by atoms with Gasteiger partial charge in [-0.3, -0.25) is 4.55 Å². The van der Waals surface area contributed by atoms with Gasteiger partial charge in [-0.25, -0.2) is 0 Å². The predicted molar refractivity (Wildman–Crippen MR) is 52.4 cm³/mol. The molecule has 0 heterocycles. The molecule has 0 aliphatic rings. The van der Waals surface area contributed by atoms with Crippen LogP contribution in [0.15, 0.2) is 23.1 Å². The molecule has 0 amide bonds. The summed E-state index contributed by atoms with van der Waals surface area (Å²) in [6, 6.07) is 4.41. The number of ether oxygens (including phenoxy) is 1. The molecule has 0 aliphatic heterocycles. The molecule has 0 fully saturated rings. The van der Waals surface area contributed by atoms with Gasteiger partial charge in [0.1, 0.15) is 10.6 Å². The molecule has 1 aromatic carbocycles. The molecule has 0 unspecified atom stereocenters. The van der Waals surface area contributed by atoms with Gasteiger partial charge >= 0.3 is 0 Å². The van der Waals surface area contributed by atoms with E-state index in [0.717, 1.165) is 0 Å². The summed E-state index contributed by atoms with van der Waals surface area (Å²) < 4.78 is 35.5. The highest BCUT2D eigenvalue weighted by Crippen LogP contribution is 2.26. The molecule has 0 saturated carbocycles. The molecule has 0 aromatic heterocycles. The zero-order chi connectivity index (χ0) is 10.8. The standard InChI is InChI=1S/C8H11NO4S/c1-9-6-3-4-7(13-2)8(5-6)14(10,11)12/h3-5,9H,1-2H3,(H,10,11,12). The number of hydrogen-bond donors (Lipinski definition) is 2. The number of methoxy groups -OCH3 is 1. The van der Waals surface area contributed by atoms with E-state index in [9.17, 15) is 8.42 Å². The van der Waals surface area contributed by atoms with Crippen molar-refractivity contribution in [2.75, 3.05) is 19.5 Å². The van der Waals surface area contributed by atoms with Crippen LogP contribution in [-0.4, -0.2) is 27.1 Å². The average Bonchev–Trinajstić information content (AvgIpc) is 2.15. The minimum Gasteiger partial charge on any atom is -0.495 e. The lowest BCUT2D eigenvalue weighted by Gasteiger charge is -2.07. The summed E-state index contributed by atoms with van der Waals surface area (Å²) in [4.78, 5) is -0.244. The van der Waals surface area contributed by atoms with Crippen LogP contribution < -0.4 is 10.1 Å². The Bertz CT molecular complexity index is 427. The third-order valence-electron chi connectivity index (χ3n) is 1.73. The molecule has 78 valence electrons. The van der Waals surface area contributed by atoms with Crippen molar-refractivity contribution < 1.29 is 17.7 Å². The van der Waals surface area contributed by atoms with Gasteiger partial charge in [0.25, 0.3) is 10.1 Å². The highest BCUT2D eigenvalue weighted by molar-refractivity contribution is 7.86. The number of hydrogen-bond acceptors (Lipinski definition) is 4. The zero-order valence-corrected chi connectivity index (χ0v) is 8.63. The molecule has 1 rings (SSSR count). The van der Waals surface area contributed by atoms with Crippen molar-refractivity contribution in [3.05, 3.63) is 18.2 Å². The molecule has 1 aromatic rings. The Morgan fingerprint density at radius 1 is 1.43 bits per heavy atom. The van der Waals surface area contributed by atoms with Gasteiger partial charge in [0.2, 0.25) is 0 Å². The lowest BCUT2D eigenvalue weighted by atomic mass is 10.3. The molecule has 5 nitrogen and oxygen atoms in total. The van der Waals surface area contributed by atoms with E-state index >= 15 is 0 Å². The van der Waals surface area contributed by atoms with Crippen molar-refractivity contribution >= 4 is 15.8 Å². The smallest absolute Gasteiger partial charge is 0.298 e. The SMILES string of the molecule is CNc1ccc(OC)c(S(=O)(=O)O)c1. The van der Waals surface area contributed by atoms with E-state index in [1.54, 1.807) is 13.1 Å². The number of nitrogens with one attached hydrogen (secondary N) is 1. The largest absolute Gasteiger partial charge is 0.495 e. The van der Waals surface area contributed by atoms with Crippen molar-refractivity contribution in [3.8, 4) is 5.75 Å². The van der Waals surface area contributed by atoms with E-state index in [1.807, 2.05) is 0 Å².